The molecule has 0 aromatic heterocycles. The number of aryl methyl sites for hydroxylation is 2. The standard InChI is InChI=1S/C21H26N2O3/c1-14-9-15(2)11-18(10-14)26-13-19(24)22-17-8-6-7-16(12-17)20(25)23-21(3,4)5/h6-12H,13H2,1-5H3,(H,22,24)(H,23,25). The summed E-state index contributed by atoms with van der Waals surface area (Å²) in [7, 11) is 0. The monoisotopic (exact) mass is 354 g/mol. The number of ether oxygens (including phenoxy) is 1. The van der Waals surface area contributed by atoms with E-state index in [4.69, 9.17) is 4.74 Å². The second-order valence-electron chi connectivity index (χ2n) is 7.45. The molecule has 0 bridgehead atoms. The third-order valence-corrected chi connectivity index (χ3v) is 3.46. The van der Waals surface area contributed by atoms with Crippen molar-refractivity contribution in [1.82, 2.24) is 5.32 Å². The zero-order valence-corrected chi connectivity index (χ0v) is 16.0. The minimum atomic E-state index is -0.323. The molecule has 0 aliphatic rings. The Hall–Kier alpha value is -2.82. The quantitative estimate of drug-likeness (QED) is 0.857. The van der Waals surface area contributed by atoms with Crippen LogP contribution in [-0.2, 0) is 4.79 Å². The first-order valence-corrected chi connectivity index (χ1v) is 8.56. The Morgan fingerprint density at radius 3 is 2.27 bits per heavy atom. The first-order valence-electron chi connectivity index (χ1n) is 8.56. The van der Waals surface area contributed by atoms with Gasteiger partial charge in [-0.05, 0) is 76.1 Å². The highest BCUT2D eigenvalue weighted by molar-refractivity contribution is 5.97. The Labute approximate surface area is 154 Å². The van der Waals surface area contributed by atoms with Crippen molar-refractivity contribution in [1.29, 1.82) is 0 Å². The Morgan fingerprint density at radius 2 is 1.65 bits per heavy atom. The minimum Gasteiger partial charge on any atom is -0.484 e. The lowest BCUT2D eigenvalue weighted by atomic mass is 10.1. The third kappa shape index (κ3) is 6.24. The fraction of sp³-hybridized carbons (Fsp3) is 0.333. The van der Waals surface area contributed by atoms with Gasteiger partial charge >= 0.3 is 0 Å². The number of hydrogen-bond donors (Lipinski definition) is 2. The second-order valence-corrected chi connectivity index (χ2v) is 7.45. The molecule has 0 heterocycles. The van der Waals surface area contributed by atoms with Crippen LogP contribution < -0.4 is 15.4 Å². The number of carbonyl (C=O) groups excluding carboxylic acids is 2. The predicted octanol–water partition coefficient (Wildman–Crippen LogP) is 3.85. The molecular weight excluding hydrogens is 328 g/mol. The van der Waals surface area contributed by atoms with Crippen molar-refractivity contribution < 1.29 is 14.3 Å². The lowest BCUT2D eigenvalue weighted by Crippen LogP contribution is -2.40. The van der Waals surface area contributed by atoms with Gasteiger partial charge in [0.2, 0.25) is 0 Å². The number of rotatable bonds is 5. The molecular formula is C21H26N2O3. The number of benzene rings is 2. The molecule has 26 heavy (non-hydrogen) atoms. The molecule has 0 fully saturated rings. The van der Waals surface area contributed by atoms with Crippen molar-refractivity contribution in [3.05, 3.63) is 59.2 Å². The van der Waals surface area contributed by atoms with Crippen LogP contribution in [0.15, 0.2) is 42.5 Å². The second kappa shape index (κ2) is 8.04. The topological polar surface area (TPSA) is 67.4 Å². The van der Waals surface area contributed by atoms with Crippen molar-refractivity contribution in [2.75, 3.05) is 11.9 Å². The van der Waals surface area contributed by atoms with Crippen LogP contribution in [0.25, 0.3) is 0 Å². The van der Waals surface area contributed by atoms with Gasteiger partial charge in [-0.1, -0.05) is 12.1 Å². The van der Waals surface area contributed by atoms with Crippen LogP contribution in [0.4, 0.5) is 5.69 Å². The van der Waals surface area contributed by atoms with E-state index < -0.39 is 0 Å². The number of amides is 2. The molecule has 0 saturated carbocycles. The van der Waals surface area contributed by atoms with Gasteiger partial charge in [0.15, 0.2) is 6.61 Å². The van der Waals surface area contributed by atoms with Crippen molar-refractivity contribution in [3.8, 4) is 5.75 Å². The summed E-state index contributed by atoms with van der Waals surface area (Å²) in [5.74, 6) is 0.202. The van der Waals surface area contributed by atoms with E-state index in [9.17, 15) is 9.59 Å². The molecule has 2 N–H and O–H groups in total. The lowest BCUT2D eigenvalue weighted by molar-refractivity contribution is -0.118. The predicted molar refractivity (Wildman–Crippen MR) is 104 cm³/mol. The normalized spacial score (nSPS) is 11.0. The Balaban J connectivity index is 1.96. The molecule has 0 aliphatic heterocycles. The van der Waals surface area contributed by atoms with Gasteiger partial charge in [0, 0.05) is 16.8 Å². The zero-order valence-electron chi connectivity index (χ0n) is 16.0. The zero-order chi connectivity index (χ0) is 19.3. The average molecular weight is 354 g/mol. The van der Waals surface area contributed by atoms with Crippen LogP contribution in [0.3, 0.4) is 0 Å². The summed E-state index contributed by atoms with van der Waals surface area (Å²) >= 11 is 0. The van der Waals surface area contributed by atoms with Crippen LogP contribution >= 0.6 is 0 Å². The van der Waals surface area contributed by atoms with E-state index in [1.165, 1.54) is 0 Å². The number of carbonyl (C=O) groups is 2. The summed E-state index contributed by atoms with van der Waals surface area (Å²) in [5.41, 5.74) is 2.89. The first-order chi connectivity index (χ1) is 12.1. The maximum atomic E-state index is 12.2. The van der Waals surface area contributed by atoms with Gasteiger partial charge < -0.3 is 15.4 Å². The first kappa shape index (κ1) is 19.5. The van der Waals surface area contributed by atoms with Crippen molar-refractivity contribution in [2.45, 2.75) is 40.2 Å². The molecule has 0 unspecified atom stereocenters. The van der Waals surface area contributed by atoms with Gasteiger partial charge in [0.1, 0.15) is 5.75 Å². The van der Waals surface area contributed by atoms with Crippen molar-refractivity contribution in [3.63, 3.8) is 0 Å². The summed E-state index contributed by atoms with van der Waals surface area (Å²) in [6, 6.07) is 12.6. The molecule has 0 atom stereocenters. The van der Waals surface area contributed by atoms with E-state index in [2.05, 4.69) is 10.6 Å². The Bertz CT molecular complexity index is 787. The molecule has 2 rings (SSSR count). The van der Waals surface area contributed by atoms with Crippen LogP contribution in [0.1, 0.15) is 42.3 Å². The van der Waals surface area contributed by atoms with Crippen LogP contribution in [0.5, 0.6) is 5.75 Å². The number of nitrogens with one attached hydrogen (secondary N) is 2. The summed E-state index contributed by atoms with van der Waals surface area (Å²) in [4.78, 5) is 24.4. The Morgan fingerprint density at radius 1 is 1.00 bits per heavy atom. The van der Waals surface area contributed by atoms with Crippen LogP contribution in [-0.4, -0.2) is 24.0 Å². The maximum Gasteiger partial charge on any atom is 0.262 e. The highest BCUT2D eigenvalue weighted by Gasteiger charge is 2.15. The largest absolute Gasteiger partial charge is 0.484 e. The smallest absolute Gasteiger partial charge is 0.262 e. The summed E-state index contributed by atoms with van der Waals surface area (Å²) in [6.07, 6.45) is 0. The van der Waals surface area contributed by atoms with Crippen LogP contribution in [0, 0.1) is 13.8 Å². The number of anilines is 1. The molecule has 2 aromatic rings. The average Bonchev–Trinajstić information content (AvgIpc) is 2.51. The van der Waals surface area contributed by atoms with Gasteiger partial charge in [0.25, 0.3) is 11.8 Å². The van der Waals surface area contributed by atoms with E-state index >= 15 is 0 Å². The fourth-order valence-electron chi connectivity index (χ4n) is 2.51. The maximum absolute atomic E-state index is 12.2. The van der Waals surface area contributed by atoms with Gasteiger partial charge in [0.05, 0.1) is 0 Å². The fourth-order valence-corrected chi connectivity index (χ4v) is 2.51. The molecule has 2 amide bonds. The summed E-state index contributed by atoms with van der Waals surface area (Å²) in [6.45, 7) is 9.62. The minimum absolute atomic E-state index is 0.0959. The van der Waals surface area contributed by atoms with Gasteiger partial charge in [-0.15, -0.1) is 0 Å². The molecule has 0 spiro atoms. The van der Waals surface area contributed by atoms with E-state index in [0.29, 0.717) is 17.0 Å². The van der Waals surface area contributed by atoms with Gasteiger partial charge in [-0.25, -0.2) is 0 Å². The van der Waals surface area contributed by atoms with Gasteiger partial charge in [-0.3, -0.25) is 9.59 Å². The van der Waals surface area contributed by atoms with E-state index in [-0.39, 0.29) is 24.0 Å². The molecule has 0 aliphatic carbocycles. The van der Waals surface area contributed by atoms with Crippen LogP contribution in [0.2, 0.25) is 0 Å². The summed E-state index contributed by atoms with van der Waals surface area (Å²) < 4.78 is 5.55. The van der Waals surface area contributed by atoms with E-state index in [1.807, 2.05) is 52.8 Å². The third-order valence-electron chi connectivity index (χ3n) is 3.46. The molecule has 5 nitrogen and oxygen atoms in total. The lowest BCUT2D eigenvalue weighted by Gasteiger charge is -2.20. The molecule has 138 valence electrons. The van der Waals surface area contributed by atoms with E-state index in [1.54, 1.807) is 24.3 Å². The van der Waals surface area contributed by atoms with E-state index in [0.717, 1.165) is 11.1 Å². The molecule has 0 saturated heterocycles. The number of hydrogen-bond acceptors (Lipinski definition) is 3. The van der Waals surface area contributed by atoms with Crippen molar-refractivity contribution >= 4 is 17.5 Å². The highest BCUT2D eigenvalue weighted by atomic mass is 16.5. The molecule has 5 heteroatoms. The SMILES string of the molecule is Cc1cc(C)cc(OCC(=O)Nc2cccc(C(=O)NC(C)(C)C)c2)c1. The molecule has 0 radical (unpaired) electrons. The highest BCUT2D eigenvalue weighted by Crippen LogP contribution is 2.16. The molecule has 2 aromatic carbocycles. The summed E-state index contributed by atoms with van der Waals surface area (Å²) in [5, 5.41) is 5.65. The van der Waals surface area contributed by atoms with Crippen molar-refractivity contribution in [2.24, 2.45) is 0 Å². The van der Waals surface area contributed by atoms with Gasteiger partial charge in [-0.2, -0.15) is 0 Å². The Kier molecular flexibility index (Phi) is 6.03.